The normalized spacial score (nSPS) is 14.5. The van der Waals surface area contributed by atoms with Crippen LogP contribution in [0.1, 0.15) is 64.3 Å². The van der Waals surface area contributed by atoms with E-state index in [-0.39, 0.29) is 18.0 Å². The Morgan fingerprint density at radius 3 is 2.59 bits per heavy atom. The maximum Gasteiger partial charge on any atom is 0.342 e. The Balaban J connectivity index is 1.39. The number of ketones is 1. The van der Waals surface area contributed by atoms with Crippen LogP contribution < -0.4 is 0 Å². The summed E-state index contributed by atoms with van der Waals surface area (Å²) in [6.07, 6.45) is 10.6. The zero-order valence-electron chi connectivity index (χ0n) is 16.0. The third-order valence-corrected chi connectivity index (χ3v) is 5.29. The number of ether oxygens (including phenoxy) is 1. The molecular formula is C22H22N4O3. The molecule has 1 fully saturated rings. The van der Waals surface area contributed by atoms with Gasteiger partial charge in [-0.05, 0) is 36.5 Å². The summed E-state index contributed by atoms with van der Waals surface area (Å²) in [5.41, 5.74) is 2.05. The molecule has 0 unspecified atom stereocenters. The molecule has 1 aromatic carbocycles. The molecule has 0 spiro atoms. The van der Waals surface area contributed by atoms with E-state index in [4.69, 9.17) is 4.74 Å². The topological polar surface area (TPSA) is 87.0 Å². The van der Waals surface area contributed by atoms with Crippen molar-refractivity contribution >= 4 is 11.8 Å². The zero-order chi connectivity index (χ0) is 20.1. The number of pyridine rings is 1. The maximum absolute atomic E-state index is 12.5. The second-order valence-electron chi connectivity index (χ2n) is 7.17. The minimum Gasteiger partial charge on any atom is -0.454 e. The van der Waals surface area contributed by atoms with E-state index in [0.29, 0.717) is 17.3 Å². The Morgan fingerprint density at radius 1 is 1.07 bits per heavy atom. The second-order valence-corrected chi connectivity index (χ2v) is 7.17. The van der Waals surface area contributed by atoms with Gasteiger partial charge in [-0.15, -0.1) is 0 Å². The Kier molecular flexibility index (Phi) is 5.74. The minimum absolute atomic E-state index is 0.221. The molecule has 1 aliphatic carbocycles. The van der Waals surface area contributed by atoms with Crippen LogP contribution in [0.4, 0.5) is 0 Å². The highest BCUT2D eigenvalue weighted by Crippen LogP contribution is 2.32. The number of carbonyl (C=O) groups excluding carboxylic acids is 2. The van der Waals surface area contributed by atoms with Gasteiger partial charge in [0.05, 0.1) is 0 Å². The molecule has 7 heteroatoms. The predicted molar refractivity (Wildman–Crippen MR) is 106 cm³/mol. The number of Topliss-reactive ketones (excluding diaryl/α,β-unsaturated/α-hetero) is 1. The molecule has 1 saturated carbocycles. The van der Waals surface area contributed by atoms with Crippen molar-refractivity contribution in [3.8, 4) is 5.82 Å². The number of esters is 1. The van der Waals surface area contributed by atoms with Crippen molar-refractivity contribution in [1.82, 2.24) is 19.7 Å². The van der Waals surface area contributed by atoms with Gasteiger partial charge in [-0.3, -0.25) is 4.79 Å². The molecule has 0 aliphatic heterocycles. The summed E-state index contributed by atoms with van der Waals surface area (Å²) in [6.45, 7) is -0.326. The first-order chi connectivity index (χ1) is 14.2. The first kappa shape index (κ1) is 19.0. The number of rotatable bonds is 6. The fraction of sp³-hybridized carbons (Fsp3) is 0.318. The van der Waals surface area contributed by atoms with Crippen molar-refractivity contribution < 1.29 is 14.3 Å². The highest BCUT2D eigenvalue weighted by atomic mass is 16.5. The minimum atomic E-state index is -0.629. The number of nitrogens with zero attached hydrogens (tertiary/aromatic N) is 4. The molecule has 29 heavy (non-hydrogen) atoms. The van der Waals surface area contributed by atoms with E-state index in [2.05, 4.69) is 15.1 Å². The van der Waals surface area contributed by atoms with Crippen molar-refractivity contribution in [2.24, 2.45) is 0 Å². The van der Waals surface area contributed by atoms with E-state index in [1.54, 1.807) is 18.3 Å². The molecule has 1 aliphatic rings. The van der Waals surface area contributed by atoms with Gasteiger partial charge in [0.1, 0.15) is 18.2 Å². The van der Waals surface area contributed by atoms with Gasteiger partial charge in [0.25, 0.3) is 0 Å². The number of hydrogen-bond acceptors (Lipinski definition) is 6. The van der Waals surface area contributed by atoms with Crippen LogP contribution >= 0.6 is 0 Å². The monoisotopic (exact) mass is 390 g/mol. The lowest BCUT2D eigenvalue weighted by molar-refractivity contribution is 0.0474. The largest absolute Gasteiger partial charge is 0.454 e. The predicted octanol–water partition coefficient (Wildman–Crippen LogP) is 3.75. The number of benzene rings is 1. The van der Waals surface area contributed by atoms with Crippen LogP contribution in [-0.2, 0) is 4.74 Å². The summed E-state index contributed by atoms with van der Waals surface area (Å²) in [5.74, 6) is 0.0290. The van der Waals surface area contributed by atoms with Crippen LogP contribution in [0.15, 0.2) is 55.2 Å². The Morgan fingerprint density at radius 2 is 1.86 bits per heavy atom. The van der Waals surface area contributed by atoms with Gasteiger partial charge < -0.3 is 4.74 Å². The summed E-state index contributed by atoms with van der Waals surface area (Å²) in [6, 6.07) is 10.9. The lowest BCUT2D eigenvalue weighted by atomic mass is 9.84. The fourth-order valence-electron chi connectivity index (χ4n) is 3.73. The molecule has 7 nitrogen and oxygen atoms in total. The van der Waals surface area contributed by atoms with E-state index in [9.17, 15) is 9.59 Å². The molecule has 0 N–H and O–H groups in total. The second kappa shape index (κ2) is 8.77. The van der Waals surface area contributed by atoms with E-state index in [1.807, 2.05) is 24.3 Å². The lowest BCUT2D eigenvalue weighted by Gasteiger charge is -2.22. The Hall–Kier alpha value is -3.35. The van der Waals surface area contributed by atoms with E-state index >= 15 is 0 Å². The Bertz CT molecular complexity index is 978. The SMILES string of the molecule is O=C(COC(=O)c1cccnc1-n1cncn1)c1ccc(C2CCCCC2)cc1. The van der Waals surface area contributed by atoms with Gasteiger partial charge in [0.15, 0.2) is 18.2 Å². The van der Waals surface area contributed by atoms with Crippen LogP contribution in [0.3, 0.4) is 0 Å². The van der Waals surface area contributed by atoms with Crippen LogP contribution in [0.5, 0.6) is 0 Å². The molecule has 0 bridgehead atoms. The molecular weight excluding hydrogens is 368 g/mol. The van der Waals surface area contributed by atoms with E-state index in [0.717, 1.165) is 0 Å². The van der Waals surface area contributed by atoms with Crippen molar-refractivity contribution in [2.45, 2.75) is 38.0 Å². The first-order valence-electron chi connectivity index (χ1n) is 9.82. The molecule has 2 aromatic heterocycles. The zero-order valence-corrected chi connectivity index (χ0v) is 16.0. The van der Waals surface area contributed by atoms with Gasteiger partial charge in [-0.25, -0.2) is 19.4 Å². The van der Waals surface area contributed by atoms with Gasteiger partial charge in [-0.2, -0.15) is 5.10 Å². The van der Waals surface area contributed by atoms with Crippen molar-refractivity contribution in [3.05, 3.63) is 71.9 Å². The molecule has 2 heterocycles. The quantitative estimate of drug-likeness (QED) is 0.471. The highest BCUT2D eigenvalue weighted by molar-refractivity contribution is 6.00. The molecule has 4 rings (SSSR count). The molecule has 0 atom stereocenters. The van der Waals surface area contributed by atoms with Crippen LogP contribution in [0.2, 0.25) is 0 Å². The van der Waals surface area contributed by atoms with Crippen molar-refractivity contribution in [3.63, 3.8) is 0 Å². The first-order valence-corrected chi connectivity index (χ1v) is 9.82. The van der Waals surface area contributed by atoms with E-state index < -0.39 is 5.97 Å². The molecule has 3 aromatic rings. The molecule has 0 radical (unpaired) electrons. The number of carbonyl (C=O) groups is 2. The van der Waals surface area contributed by atoms with Gasteiger partial charge in [-0.1, -0.05) is 43.5 Å². The van der Waals surface area contributed by atoms with Gasteiger partial charge in [0, 0.05) is 11.8 Å². The van der Waals surface area contributed by atoms with Crippen molar-refractivity contribution in [2.75, 3.05) is 6.61 Å². The number of hydrogen-bond donors (Lipinski definition) is 0. The van der Waals surface area contributed by atoms with Gasteiger partial charge >= 0.3 is 5.97 Å². The molecule has 148 valence electrons. The summed E-state index contributed by atoms with van der Waals surface area (Å²) >= 11 is 0. The standard InChI is InChI=1S/C22H22N4O3/c27-20(18-10-8-17(9-11-18)16-5-2-1-3-6-16)13-29-22(28)19-7-4-12-24-21(19)26-15-23-14-25-26/h4,7-12,14-16H,1-3,5-6,13H2. The van der Waals surface area contributed by atoms with Crippen LogP contribution in [-0.4, -0.2) is 38.1 Å². The van der Waals surface area contributed by atoms with Crippen molar-refractivity contribution in [1.29, 1.82) is 0 Å². The lowest BCUT2D eigenvalue weighted by Crippen LogP contribution is -2.17. The van der Waals surface area contributed by atoms with Gasteiger partial charge in [0.2, 0.25) is 0 Å². The number of aromatic nitrogens is 4. The third kappa shape index (κ3) is 4.39. The summed E-state index contributed by atoms with van der Waals surface area (Å²) < 4.78 is 6.62. The summed E-state index contributed by atoms with van der Waals surface area (Å²) in [7, 11) is 0. The smallest absolute Gasteiger partial charge is 0.342 e. The molecule has 0 saturated heterocycles. The van der Waals surface area contributed by atoms with Crippen LogP contribution in [0, 0.1) is 0 Å². The fourth-order valence-corrected chi connectivity index (χ4v) is 3.73. The molecule has 0 amide bonds. The van der Waals surface area contributed by atoms with Crippen LogP contribution in [0.25, 0.3) is 5.82 Å². The summed E-state index contributed by atoms with van der Waals surface area (Å²) in [4.78, 5) is 33.0. The maximum atomic E-state index is 12.5. The average Bonchev–Trinajstić information content (AvgIpc) is 3.33. The highest BCUT2D eigenvalue weighted by Gasteiger charge is 2.19. The van der Waals surface area contributed by atoms with E-state index in [1.165, 1.54) is 55.0 Å². The summed E-state index contributed by atoms with van der Waals surface area (Å²) in [5, 5.41) is 3.99. The average molecular weight is 390 g/mol. The third-order valence-electron chi connectivity index (χ3n) is 5.29. The Labute approximate surface area is 168 Å².